The molecule has 0 bridgehead atoms. The first-order valence-corrected chi connectivity index (χ1v) is 11.1. The number of rotatable bonds is 6. The number of halogens is 4. The minimum Gasteiger partial charge on any atom is -0.491 e. The van der Waals surface area contributed by atoms with Crippen molar-refractivity contribution in [1.82, 2.24) is 14.9 Å². The third-order valence-electron chi connectivity index (χ3n) is 5.64. The van der Waals surface area contributed by atoms with Crippen molar-refractivity contribution in [2.24, 2.45) is 0 Å². The second kappa shape index (κ2) is 9.32. The lowest BCUT2D eigenvalue weighted by Crippen LogP contribution is -2.38. The summed E-state index contributed by atoms with van der Waals surface area (Å²) in [6, 6.07) is 13.3. The van der Waals surface area contributed by atoms with Crippen molar-refractivity contribution in [2.45, 2.75) is 6.36 Å². The molecule has 0 unspecified atom stereocenters. The van der Waals surface area contributed by atoms with E-state index >= 15 is 0 Å². The zero-order valence-corrected chi connectivity index (χ0v) is 18.7. The van der Waals surface area contributed by atoms with Crippen LogP contribution in [0.1, 0.15) is 0 Å². The van der Waals surface area contributed by atoms with Crippen molar-refractivity contribution in [3.05, 3.63) is 53.6 Å². The monoisotopic (exact) mass is 491 g/mol. The average molecular weight is 492 g/mol. The first-order valence-electron chi connectivity index (χ1n) is 10.8. The van der Waals surface area contributed by atoms with Crippen molar-refractivity contribution < 1.29 is 27.4 Å². The number of nitrogens with zero attached hydrogens (tertiary/aromatic N) is 2. The first-order chi connectivity index (χ1) is 16.4. The summed E-state index contributed by atoms with van der Waals surface area (Å²) in [6.07, 6.45) is -4.74. The minimum atomic E-state index is -4.74. The number of hydrogen-bond acceptors (Lipinski definition) is 5. The lowest BCUT2D eigenvalue weighted by Gasteiger charge is -2.26. The summed E-state index contributed by atoms with van der Waals surface area (Å²) in [5.41, 5.74) is 2.51. The van der Waals surface area contributed by atoms with Gasteiger partial charge in [0.2, 0.25) is 0 Å². The van der Waals surface area contributed by atoms with Crippen LogP contribution >= 0.6 is 11.6 Å². The van der Waals surface area contributed by atoms with Crippen LogP contribution in [0.3, 0.4) is 0 Å². The summed E-state index contributed by atoms with van der Waals surface area (Å²) in [6.45, 7) is 4.50. The maximum atomic E-state index is 12.5. The summed E-state index contributed by atoms with van der Waals surface area (Å²) >= 11 is 6.63. The molecule has 5 rings (SSSR count). The molecule has 3 heterocycles. The van der Waals surface area contributed by atoms with Crippen LogP contribution in [-0.2, 0) is 4.74 Å². The van der Waals surface area contributed by atoms with E-state index in [0.29, 0.717) is 45.2 Å². The van der Waals surface area contributed by atoms with Gasteiger partial charge >= 0.3 is 6.36 Å². The number of benzene rings is 2. The van der Waals surface area contributed by atoms with E-state index in [1.54, 1.807) is 6.07 Å². The second-order valence-corrected chi connectivity index (χ2v) is 8.31. The molecule has 4 aromatic rings. The summed E-state index contributed by atoms with van der Waals surface area (Å²) in [7, 11) is 0. The predicted octanol–water partition coefficient (Wildman–Crippen LogP) is 5.65. The van der Waals surface area contributed by atoms with Gasteiger partial charge in [0.1, 0.15) is 23.1 Å². The van der Waals surface area contributed by atoms with Crippen LogP contribution in [0, 0.1) is 0 Å². The smallest absolute Gasteiger partial charge is 0.491 e. The molecule has 34 heavy (non-hydrogen) atoms. The van der Waals surface area contributed by atoms with Crippen molar-refractivity contribution in [3.63, 3.8) is 0 Å². The Labute approximate surface area is 198 Å². The van der Waals surface area contributed by atoms with Crippen LogP contribution in [-0.4, -0.2) is 60.7 Å². The quantitative estimate of drug-likeness (QED) is 0.378. The Kier molecular flexibility index (Phi) is 6.24. The van der Waals surface area contributed by atoms with Crippen molar-refractivity contribution in [3.8, 4) is 22.9 Å². The minimum absolute atomic E-state index is 0.279. The molecule has 1 saturated heterocycles. The molecular weight excluding hydrogens is 471 g/mol. The first kappa shape index (κ1) is 22.8. The highest BCUT2D eigenvalue weighted by Gasteiger charge is 2.31. The van der Waals surface area contributed by atoms with Gasteiger partial charge in [0.25, 0.3) is 0 Å². The van der Waals surface area contributed by atoms with Gasteiger partial charge in [0, 0.05) is 35.9 Å². The van der Waals surface area contributed by atoms with Gasteiger partial charge in [-0.3, -0.25) is 4.90 Å². The van der Waals surface area contributed by atoms with Gasteiger partial charge in [-0.25, -0.2) is 4.98 Å². The Balaban J connectivity index is 1.38. The molecule has 1 N–H and O–H groups in total. The number of hydrogen-bond donors (Lipinski definition) is 1. The molecule has 0 radical (unpaired) electrons. The molecule has 0 atom stereocenters. The Morgan fingerprint density at radius 3 is 2.62 bits per heavy atom. The lowest BCUT2D eigenvalue weighted by molar-refractivity contribution is -0.274. The van der Waals surface area contributed by atoms with E-state index in [-0.39, 0.29) is 5.75 Å². The molecule has 1 fully saturated rings. The van der Waals surface area contributed by atoms with Crippen LogP contribution in [0.2, 0.25) is 5.02 Å². The van der Waals surface area contributed by atoms with Gasteiger partial charge in [-0.05, 0) is 42.5 Å². The Morgan fingerprint density at radius 1 is 1.03 bits per heavy atom. The third-order valence-corrected chi connectivity index (χ3v) is 6.00. The fourth-order valence-corrected chi connectivity index (χ4v) is 4.22. The molecule has 0 spiro atoms. The van der Waals surface area contributed by atoms with Crippen LogP contribution in [0.25, 0.3) is 33.2 Å². The zero-order chi connectivity index (χ0) is 23.7. The Hall–Kier alpha value is -3.01. The molecule has 10 heteroatoms. The number of morpholine rings is 1. The highest BCUT2D eigenvalue weighted by molar-refractivity contribution is 6.36. The summed E-state index contributed by atoms with van der Waals surface area (Å²) in [5.74, 6) is 0.275. The average Bonchev–Trinajstić information content (AvgIpc) is 3.23. The summed E-state index contributed by atoms with van der Waals surface area (Å²) in [5, 5.41) is 1.84. The molecule has 0 saturated carbocycles. The van der Waals surface area contributed by atoms with E-state index in [9.17, 15) is 13.2 Å². The number of alkyl halides is 3. The SMILES string of the molecule is FC(F)(F)Oc1ccc2[nH]c(-c3ccc4ccc(OCCN5CCOCC5)c(Cl)c4n3)cc2c1. The number of aromatic amines is 1. The van der Waals surface area contributed by atoms with Gasteiger partial charge in [0.05, 0.1) is 30.1 Å². The van der Waals surface area contributed by atoms with Gasteiger partial charge in [-0.1, -0.05) is 17.7 Å². The van der Waals surface area contributed by atoms with Gasteiger partial charge in [-0.15, -0.1) is 13.2 Å². The maximum Gasteiger partial charge on any atom is 0.573 e. The molecule has 6 nitrogen and oxygen atoms in total. The number of aromatic nitrogens is 2. The van der Waals surface area contributed by atoms with Crippen molar-refractivity contribution in [1.29, 1.82) is 0 Å². The van der Waals surface area contributed by atoms with Crippen LogP contribution in [0.15, 0.2) is 48.5 Å². The third kappa shape index (κ3) is 5.06. The van der Waals surface area contributed by atoms with E-state index < -0.39 is 6.36 Å². The van der Waals surface area contributed by atoms with Crippen molar-refractivity contribution in [2.75, 3.05) is 39.5 Å². The molecule has 1 aliphatic heterocycles. The molecule has 2 aromatic carbocycles. The summed E-state index contributed by atoms with van der Waals surface area (Å²) in [4.78, 5) is 10.2. The standard InChI is InChI=1S/C24H21ClF3N3O3/c25-22-21(33-12-9-31-7-10-32-11-8-31)6-2-15-1-4-19(30-23(15)22)20-14-16-13-17(34-24(26,27)28)3-5-18(16)29-20/h1-6,13-14,29H,7-12H2. The largest absolute Gasteiger partial charge is 0.573 e. The second-order valence-electron chi connectivity index (χ2n) is 7.93. The zero-order valence-electron chi connectivity index (χ0n) is 18.0. The number of pyridine rings is 1. The Bertz CT molecular complexity index is 1320. The molecule has 0 amide bonds. The maximum absolute atomic E-state index is 12.5. The number of ether oxygens (including phenoxy) is 3. The van der Waals surface area contributed by atoms with E-state index in [4.69, 9.17) is 26.1 Å². The highest BCUT2D eigenvalue weighted by Crippen LogP contribution is 2.34. The fraction of sp³-hybridized carbons (Fsp3) is 0.292. The normalized spacial score (nSPS) is 15.2. The lowest BCUT2D eigenvalue weighted by atomic mass is 10.1. The van der Waals surface area contributed by atoms with Crippen LogP contribution in [0.4, 0.5) is 13.2 Å². The highest BCUT2D eigenvalue weighted by atomic mass is 35.5. The summed E-state index contributed by atoms with van der Waals surface area (Å²) < 4.78 is 52.9. The number of nitrogens with one attached hydrogen (secondary N) is 1. The van der Waals surface area contributed by atoms with E-state index in [1.165, 1.54) is 18.2 Å². The van der Waals surface area contributed by atoms with Crippen LogP contribution < -0.4 is 9.47 Å². The number of fused-ring (bicyclic) bond motifs is 2. The van der Waals surface area contributed by atoms with Gasteiger partial charge < -0.3 is 19.2 Å². The Morgan fingerprint density at radius 2 is 1.82 bits per heavy atom. The molecule has 0 aliphatic carbocycles. The topological polar surface area (TPSA) is 59.6 Å². The molecule has 2 aromatic heterocycles. The fourth-order valence-electron chi connectivity index (χ4n) is 3.95. The van der Waals surface area contributed by atoms with Crippen LogP contribution in [0.5, 0.6) is 11.5 Å². The van der Waals surface area contributed by atoms with E-state index in [1.807, 2.05) is 24.3 Å². The van der Waals surface area contributed by atoms with Gasteiger partial charge in [-0.2, -0.15) is 0 Å². The number of H-pyrrole nitrogens is 1. The molecule has 1 aliphatic rings. The predicted molar refractivity (Wildman–Crippen MR) is 123 cm³/mol. The van der Waals surface area contributed by atoms with Gasteiger partial charge in [0.15, 0.2) is 0 Å². The molecule has 178 valence electrons. The van der Waals surface area contributed by atoms with Crippen molar-refractivity contribution >= 4 is 33.4 Å². The molecular formula is C24H21ClF3N3O3. The van der Waals surface area contributed by atoms with E-state index in [0.717, 1.165) is 38.2 Å². The van der Waals surface area contributed by atoms with E-state index in [2.05, 4.69) is 14.6 Å².